The Morgan fingerprint density at radius 3 is 2.92 bits per heavy atom. The van der Waals surface area contributed by atoms with Gasteiger partial charge in [0.15, 0.2) is 5.78 Å². The maximum absolute atomic E-state index is 12.5. The predicted octanol–water partition coefficient (Wildman–Crippen LogP) is 2.71. The second-order valence-electron chi connectivity index (χ2n) is 6.64. The van der Waals surface area contributed by atoms with Gasteiger partial charge in [-0.2, -0.15) is 0 Å². The molecule has 3 heterocycles. The number of fused-ring (bicyclic) bond motifs is 1. The second kappa shape index (κ2) is 5.81. The first-order valence-corrected chi connectivity index (χ1v) is 8.38. The summed E-state index contributed by atoms with van der Waals surface area (Å²) >= 11 is 0. The maximum atomic E-state index is 12.5. The molecule has 0 aromatic carbocycles. The molecule has 2 fully saturated rings. The number of piperidine rings is 1. The Labute approximate surface area is 139 Å². The van der Waals surface area contributed by atoms with Gasteiger partial charge >= 0.3 is 6.09 Å². The Balaban J connectivity index is 1.62. The normalized spacial score (nSPS) is 21.0. The fourth-order valence-electron chi connectivity index (χ4n) is 3.43. The smallest absolute Gasteiger partial charge is 0.407 e. The minimum atomic E-state index is -0.882. The molecule has 1 saturated carbocycles. The van der Waals surface area contributed by atoms with E-state index in [2.05, 4.69) is 15.3 Å². The summed E-state index contributed by atoms with van der Waals surface area (Å²) < 4.78 is 0. The number of aromatic nitrogens is 2. The first-order valence-electron chi connectivity index (χ1n) is 8.38. The third kappa shape index (κ3) is 2.70. The summed E-state index contributed by atoms with van der Waals surface area (Å²) in [5.74, 6) is 0.322. The number of hydrogen-bond acceptors (Lipinski definition) is 4. The zero-order valence-electron chi connectivity index (χ0n) is 13.3. The molecule has 0 bridgehead atoms. The molecule has 4 rings (SSSR count). The lowest BCUT2D eigenvalue weighted by molar-refractivity contribution is 0.0969. The van der Waals surface area contributed by atoms with Gasteiger partial charge in [-0.25, -0.2) is 9.78 Å². The zero-order valence-corrected chi connectivity index (χ0v) is 13.3. The molecule has 2 aromatic rings. The topological polar surface area (TPSA) is 98.3 Å². The van der Waals surface area contributed by atoms with E-state index in [1.807, 2.05) is 6.07 Å². The van der Waals surface area contributed by atoms with Crippen LogP contribution < -0.4 is 5.32 Å². The van der Waals surface area contributed by atoms with Crippen molar-refractivity contribution in [3.8, 4) is 0 Å². The Bertz CT molecular complexity index is 796. The highest BCUT2D eigenvalue weighted by molar-refractivity contribution is 6.12. The number of nitrogens with zero attached hydrogens (tertiary/aromatic N) is 2. The van der Waals surface area contributed by atoms with E-state index < -0.39 is 6.09 Å². The van der Waals surface area contributed by atoms with Gasteiger partial charge < -0.3 is 20.3 Å². The van der Waals surface area contributed by atoms with Crippen molar-refractivity contribution >= 4 is 28.6 Å². The van der Waals surface area contributed by atoms with Crippen LogP contribution in [0.3, 0.4) is 0 Å². The Kier molecular flexibility index (Phi) is 3.63. The summed E-state index contributed by atoms with van der Waals surface area (Å²) in [5, 5.41) is 13.4. The van der Waals surface area contributed by atoms with Crippen LogP contribution in [0, 0.1) is 5.92 Å². The largest absolute Gasteiger partial charge is 0.465 e. The number of carbonyl (C=O) groups excluding carboxylic acids is 1. The fraction of sp³-hybridized carbons (Fsp3) is 0.471. The number of carbonyl (C=O) groups is 2. The van der Waals surface area contributed by atoms with Crippen LogP contribution in [0.1, 0.15) is 36.0 Å². The van der Waals surface area contributed by atoms with Crippen molar-refractivity contribution in [2.45, 2.75) is 31.7 Å². The first-order chi connectivity index (χ1) is 11.6. The van der Waals surface area contributed by atoms with Crippen LogP contribution in [0.5, 0.6) is 0 Å². The summed E-state index contributed by atoms with van der Waals surface area (Å²) in [7, 11) is 0. The van der Waals surface area contributed by atoms with Gasteiger partial charge in [0.25, 0.3) is 0 Å². The number of hydrogen-bond donors (Lipinski definition) is 3. The van der Waals surface area contributed by atoms with Crippen LogP contribution in [-0.4, -0.2) is 51.0 Å². The molecule has 126 valence electrons. The molecule has 1 amide bonds. The van der Waals surface area contributed by atoms with Crippen LogP contribution in [0.4, 0.5) is 10.5 Å². The van der Waals surface area contributed by atoms with Gasteiger partial charge in [-0.05, 0) is 31.7 Å². The van der Waals surface area contributed by atoms with Gasteiger partial charge in [-0.3, -0.25) is 4.79 Å². The Hall–Kier alpha value is -2.57. The summed E-state index contributed by atoms with van der Waals surface area (Å²) in [6.07, 6.45) is 6.23. The average Bonchev–Trinajstić information content (AvgIpc) is 3.34. The van der Waals surface area contributed by atoms with Crippen molar-refractivity contribution in [1.82, 2.24) is 14.9 Å². The van der Waals surface area contributed by atoms with E-state index in [0.29, 0.717) is 24.3 Å². The number of likely N-dealkylation sites (tertiary alicyclic amines) is 1. The van der Waals surface area contributed by atoms with Gasteiger partial charge in [-0.15, -0.1) is 0 Å². The van der Waals surface area contributed by atoms with Crippen LogP contribution in [-0.2, 0) is 0 Å². The molecule has 1 aliphatic heterocycles. The van der Waals surface area contributed by atoms with Crippen molar-refractivity contribution in [2.24, 2.45) is 5.92 Å². The van der Waals surface area contributed by atoms with Crippen molar-refractivity contribution < 1.29 is 14.7 Å². The van der Waals surface area contributed by atoms with Gasteiger partial charge in [0, 0.05) is 48.7 Å². The quantitative estimate of drug-likeness (QED) is 0.750. The second-order valence-corrected chi connectivity index (χ2v) is 6.64. The van der Waals surface area contributed by atoms with Crippen molar-refractivity contribution in [3.05, 3.63) is 24.0 Å². The lowest BCUT2D eigenvalue weighted by atomic mass is 10.0. The minimum absolute atomic E-state index is 0.0410. The molecule has 0 radical (unpaired) electrons. The van der Waals surface area contributed by atoms with Crippen LogP contribution in [0.25, 0.3) is 11.0 Å². The predicted molar refractivity (Wildman–Crippen MR) is 89.4 cm³/mol. The van der Waals surface area contributed by atoms with Crippen LogP contribution >= 0.6 is 0 Å². The number of anilines is 1. The highest BCUT2D eigenvalue weighted by atomic mass is 16.4. The first kappa shape index (κ1) is 15.0. The van der Waals surface area contributed by atoms with E-state index >= 15 is 0 Å². The van der Waals surface area contributed by atoms with E-state index in [0.717, 1.165) is 36.8 Å². The summed E-state index contributed by atoms with van der Waals surface area (Å²) in [4.78, 5) is 32.5. The van der Waals surface area contributed by atoms with E-state index in [1.165, 1.54) is 4.90 Å². The number of carboxylic acid groups (broad SMARTS) is 1. The Morgan fingerprint density at radius 1 is 1.33 bits per heavy atom. The molecule has 1 saturated heterocycles. The molecule has 0 spiro atoms. The van der Waals surface area contributed by atoms with Crippen LogP contribution in [0.15, 0.2) is 18.5 Å². The SMILES string of the molecule is O=C(c1c[nH]c2nccc(N[C@@H]3CCCN(C(=O)O)C3)c12)C1CC1. The number of H-pyrrole nitrogens is 1. The average molecular weight is 328 g/mol. The number of nitrogens with one attached hydrogen (secondary N) is 2. The molecule has 3 N–H and O–H groups in total. The van der Waals surface area contributed by atoms with Crippen molar-refractivity contribution in [2.75, 3.05) is 18.4 Å². The van der Waals surface area contributed by atoms with Crippen molar-refractivity contribution in [1.29, 1.82) is 0 Å². The van der Waals surface area contributed by atoms with E-state index in [1.54, 1.807) is 12.4 Å². The van der Waals surface area contributed by atoms with Gasteiger partial charge in [0.1, 0.15) is 5.65 Å². The minimum Gasteiger partial charge on any atom is -0.465 e. The molecule has 24 heavy (non-hydrogen) atoms. The molecular formula is C17H20N4O3. The zero-order chi connectivity index (χ0) is 16.7. The van der Waals surface area contributed by atoms with E-state index in [9.17, 15) is 14.7 Å². The summed E-state index contributed by atoms with van der Waals surface area (Å²) in [6, 6.07) is 1.90. The Morgan fingerprint density at radius 2 is 2.17 bits per heavy atom. The number of ketones is 1. The monoisotopic (exact) mass is 328 g/mol. The van der Waals surface area contributed by atoms with Crippen LogP contribution in [0.2, 0.25) is 0 Å². The van der Waals surface area contributed by atoms with E-state index in [4.69, 9.17) is 0 Å². The molecule has 7 nitrogen and oxygen atoms in total. The van der Waals surface area contributed by atoms with Gasteiger partial charge in [-0.1, -0.05) is 0 Å². The molecule has 2 aromatic heterocycles. The van der Waals surface area contributed by atoms with Gasteiger partial charge in [0.05, 0.1) is 5.39 Å². The number of amides is 1. The highest BCUT2D eigenvalue weighted by Crippen LogP contribution is 2.36. The molecule has 1 atom stereocenters. The van der Waals surface area contributed by atoms with Crippen molar-refractivity contribution in [3.63, 3.8) is 0 Å². The third-order valence-electron chi connectivity index (χ3n) is 4.84. The summed E-state index contributed by atoms with van der Waals surface area (Å²) in [5.41, 5.74) is 2.23. The highest BCUT2D eigenvalue weighted by Gasteiger charge is 2.33. The maximum Gasteiger partial charge on any atom is 0.407 e. The third-order valence-corrected chi connectivity index (χ3v) is 4.84. The lowest BCUT2D eigenvalue weighted by Crippen LogP contribution is -2.44. The number of pyridine rings is 1. The lowest BCUT2D eigenvalue weighted by Gasteiger charge is -2.32. The van der Waals surface area contributed by atoms with E-state index in [-0.39, 0.29) is 17.7 Å². The number of rotatable bonds is 4. The number of Topliss-reactive ketones (excluding diaryl/α,β-unsaturated/α-hetero) is 1. The fourth-order valence-corrected chi connectivity index (χ4v) is 3.43. The summed E-state index contributed by atoms with van der Waals surface area (Å²) in [6.45, 7) is 1.03. The molecule has 0 unspecified atom stereocenters. The molecule has 2 aliphatic rings. The molecule has 1 aliphatic carbocycles. The number of aromatic amines is 1. The molecular weight excluding hydrogens is 308 g/mol. The van der Waals surface area contributed by atoms with Gasteiger partial charge in [0.2, 0.25) is 0 Å². The molecule has 7 heteroatoms. The standard InChI is InChI=1S/C17H20N4O3/c22-15(10-3-4-10)12-8-19-16-14(12)13(5-6-18-16)20-11-2-1-7-21(9-11)17(23)24/h5-6,8,10-11H,1-4,7,9H2,(H,23,24)(H2,18,19,20)/t11-/m1/s1.